The SMILES string of the molecule is CCc1c(OC)cc2c(c1CC)[C@H]1CC[C@H]3[C@@H](CC[C@@H]3O)[C@@H]1CC2. The highest BCUT2D eigenvalue weighted by Crippen LogP contribution is 2.56. The van der Waals surface area contributed by atoms with Crippen LogP contribution in [0.15, 0.2) is 6.07 Å². The van der Waals surface area contributed by atoms with Crippen LogP contribution >= 0.6 is 0 Å². The Morgan fingerprint density at radius 3 is 2.42 bits per heavy atom. The average molecular weight is 328 g/mol. The summed E-state index contributed by atoms with van der Waals surface area (Å²) in [5.41, 5.74) is 6.26. The molecule has 2 saturated carbocycles. The van der Waals surface area contributed by atoms with E-state index in [9.17, 15) is 5.11 Å². The van der Waals surface area contributed by atoms with Crippen LogP contribution in [-0.2, 0) is 19.3 Å². The number of aryl methyl sites for hydroxylation is 1. The number of aliphatic hydroxyl groups is 1. The molecule has 132 valence electrons. The zero-order valence-corrected chi connectivity index (χ0v) is 15.5. The molecule has 0 radical (unpaired) electrons. The Bertz CT molecular complexity index is 621. The first-order valence-electron chi connectivity index (χ1n) is 10.1. The van der Waals surface area contributed by atoms with Crippen molar-refractivity contribution in [1.29, 1.82) is 0 Å². The summed E-state index contributed by atoms with van der Waals surface area (Å²) in [6.07, 6.45) is 9.44. The van der Waals surface area contributed by atoms with Gasteiger partial charge in [0.2, 0.25) is 0 Å². The van der Waals surface area contributed by atoms with Crippen molar-refractivity contribution in [2.45, 2.75) is 77.2 Å². The number of ether oxygens (including phenoxy) is 1. The predicted octanol–water partition coefficient (Wildman–Crippen LogP) is 4.65. The van der Waals surface area contributed by atoms with Gasteiger partial charge in [-0.05, 0) is 103 Å². The minimum absolute atomic E-state index is 0.0231. The van der Waals surface area contributed by atoms with Crippen molar-refractivity contribution < 1.29 is 9.84 Å². The molecule has 24 heavy (non-hydrogen) atoms. The first-order valence-corrected chi connectivity index (χ1v) is 10.1. The number of methoxy groups -OCH3 is 1. The molecule has 2 heteroatoms. The van der Waals surface area contributed by atoms with E-state index in [1.807, 2.05) is 7.11 Å². The number of rotatable bonds is 3. The van der Waals surface area contributed by atoms with Gasteiger partial charge >= 0.3 is 0 Å². The van der Waals surface area contributed by atoms with Gasteiger partial charge in [-0.25, -0.2) is 0 Å². The highest BCUT2D eigenvalue weighted by atomic mass is 16.5. The van der Waals surface area contributed by atoms with Crippen molar-refractivity contribution in [3.63, 3.8) is 0 Å². The zero-order chi connectivity index (χ0) is 16.8. The lowest BCUT2D eigenvalue weighted by atomic mass is 9.59. The van der Waals surface area contributed by atoms with Gasteiger partial charge in [0.15, 0.2) is 0 Å². The standard InChI is InChI=1S/C22H32O2/c1-4-14-15(5-2)22-13(12-21(14)24-3)6-7-17-16-10-11-20(23)18(16)8-9-19(17)22/h12,16-20,23H,4-11H2,1-3H3/t16-,17-,18-,19-,20-/m0/s1. The van der Waals surface area contributed by atoms with Crippen molar-refractivity contribution in [3.8, 4) is 5.75 Å². The third-order valence-corrected chi connectivity index (χ3v) is 7.40. The van der Waals surface area contributed by atoms with E-state index in [1.54, 1.807) is 16.7 Å². The fourth-order valence-corrected chi connectivity index (χ4v) is 6.47. The van der Waals surface area contributed by atoms with Crippen molar-refractivity contribution in [2.24, 2.45) is 17.8 Å². The van der Waals surface area contributed by atoms with E-state index in [0.717, 1.165) is 42.8 Å². The Balaban J connectivity index is 1.78. The molecular weight excluding hydrogens is 296 g/mol. The molecule has 4 rings (SSSR count). The molecule has 0 bridgehead atoms. The lowest BCUT2D eigenvalue weighted by Gasteiger charge is -2.45. The molecule has 0 spiro atoms. The lowest BCUT2D eigenvalue weighted by Crippen LogP contribution is -2.37. The van der Waals surface area contributed by atoms with Crippen LogP contribution in [0.25, 0.3) is 0 Å². The van der Waals surface area contributed by atoms with E-state index in [2.05, 4.69) is 19.9 Å². The smallest absolute Gasteiger partial charge is 0.122 e. The lowest BCUT2D eigenvalue weighted by molar-refractivity contribution is 0.0564. The molecular formula is C22H32O2. The minimum atomic E-state index is -0.0231. The summed E-state index contributed by atoms with van der Waals surface area (Å²) in [7, 11) is 1.82. The summed E-state index contributed by atoms with van der Waals surface area (Å²) in [5, 5.41) is 10.3. The molecule has 0 saturated heterocycles. The first-order chi connectivity index (χ1) is 11.7. The number of fused-ring (bicyclic) bond motifs is 5. The van der Waals surface area contributed by atoms with Crippen LogP contribution in [-0.4, -0.2) is 18.3 Å². The summed E-state index contributed by atoms with van der Waals surface area (Å²) in [6, 6.07) is 2.35. The maximum absolute atomic E-state index is 10.3. The quantitative estimate of drug-likeness (QED) is 0.875. The third kappa shape index (κ3) is 2.33. The number of aliphatic hydroxyl groups excluding tert-OH is 1. The molecule has 1 N–H and O–H groups in total. The van der Waals surface area contributed by atoms with E-state index in [-0.39, 0.29) is 6.10 Å². The van der Waals surface area contributed by atoms with Gasteiger partial charge in [-0.2, -0.15) is 0 Å². The minimum Gasteiger partial charge on any atom is -0.496 e. The summed E-state index contributed by atoms with van der Waals surface area (Å²) in [6.45, 7) is 4.57. The van der Waals surface area contributed by atoms with Gasteiger partial charge in [-0.3, -0.25) is 0 Å². The van der Waals surface area contributed by atoms with Crippen LogP contribution in [0.3, 0.4) is 0 Å². The van der Waals surface area contributed by atoms with Crippen LogP contribution in [0.4, 0.5) is 0 Å². The van der Waals surface area contributed by atoms with Crippen molar-refractivity contribution in [2.75, 3.05) is 7.11 Å². The maximum Gasteiger partial charge on any atom is 0.122 e. The van der Waals surface area contributed by atoms with Gasteiger partial charge in [-0.1, -0.05) is 13.8 Å². The van der Waals surface area contributed by atoms with Crippen LogP contribution in [0.5, 0.6) is 5.75 Å². The summed E-state index contributed by atoms with van der Waals surface area (Å²) in [4.78, 5) is 0. The van der Waals surface area contributed by atoms with Crippen LogP contribution in [0.1, 0.15) is 74.1 Å². The van der Waals surface area contributed by atoms with E-state index >= 15 is 0 Å². The van der Waals surface area contributed by atoms with Crippen molar-refractivity contribution in [1.82, 2.24) is 0 Å². The summed E-state index contributed by atoms with van der Waals surface area (Å²) in [5.74, 6) is 3.99. The molecule has 0 amide bonds. The summed E-state index contributed by atoms with van der Waals surface area (Å²) >= 11 is 0. The number of hydrogen-bond acceptors (Lipinski definition) is 2. The van der Waals surface area contributed by atoms with Crippen LogP contribution < -0.4 is 4.74 Å². The molecule has 3 aliphatic rings. The van der Waals surface area contributed by atoms with Crippen molar-refractivity contribution >= 4 is 0 Å². The fraction of sp³-hybridized carbons (Fsp3) is 0.727. The highest BCUT2D eigenvalue weighted by molar-refractivity contribution is 5.53. The molecule has 0 heterocycles. The van der Waals surface area contributed by atoms with Crippen molar-refractivity contribution in [3.05, 3.63) is 28.3 Å². The van der Waals surface area contributed by atoms with Gasteiger partial charge in [-0.15, -0.1) is 0 Å². The number of benzene rings is 1. The fourth-order valence-electron chi connectivity index (χ4n) is 6.47. The molecule has 3 aliphatic carbocycles. The van der Waals surface area contributed by atoms with E-state index < -0.39 is 0 Å². The summed E-state index contributed by atoms with van der Waals surface area (Å²) < 4.78 is 5.73. The Morgan fingerprint density at radius 2 is 1.71 bits per heavy atom. The Kier molecular flexibility index (Phi) is 4.36. The maximum atomic E-state index is 10.3. The Morgan fingerprint density at radius 1 is 0.958 bits per heavy atom. The monoisotopic (exact) mass is 328 g/mol. The molecule has 0 aromatic heterocycles. The molecule has 0 aliphatic heterocycles. The predicted molar refractivity (Wildman–Crippen MR) is 97.8 cm³/mol. The first kappa shape index (κ1) is 16.4. The molecule has 2 nitrogen and oxygen atoms in total. The number of hydrogen-bond donors (Lipinski definition) is 1. The zero-order valence-electron chi connectivity index (χ0n) is 15.5. The Labute approximate surface area is 146 Å². The van der Waals surface area contributed by atoms with Gasteiger partial charge in [0.1, 0.15) is 5.75 Å². The van der Waals surface area contributed by atoms with Crippen LogP contribution in [0.2, 0.25) is 0 Å². The van der Waals surface area contributed by atoms with E-state index in [0.29, 0.717) is 5.92 Å². The van der Waals surface area contributed by atoms with Gasteiger partial charge < -0.3 is 9.84 Å². The molecule has 1 aromatic carbocycles. The van der Waals surface area contributed by atoms with E-state index in [4.69, 9.17) is 4.74 Å². The average Bonchev–Trinajstić information content (AvgIpc) is 3.00. The normalized spacial score (nSPS) is 34.4. The van der Waals surface area contributed by atoms with Crippen LogP contribution in [0, 0.1) is 17.8 Å². The van der Waals surface area contributed by atoms with E-state index in [1.165, 1.54) is 37.7 Å². The second kappa shape index (κ2) is 6.37. The van der Waals surface area contributed by atoms with Gasteiger partial charge in [0.05, 0.1) is 13.2 Å². The van der Waals surface area contributed by atoms with Gasteiger partial charge in [0, 0.05) is 0 Å². The third-order valence-electron chi connectivity index (χ3n) is 7.40. The molecule has 2 fully saturated rings. The largest absolute Gasteiger partial charge is 0.496 e. The van der Waals surface area contributed by atoms with Gasteiger partial charge in [0.25, 0.3) is 0 Å². The Hall–Kier alpha value is -1.02. The molecule has 1 aromatic rings. The topological polar surface area (TPSA) is 29.5 Å². The molecule has 5 atom stereocenters. The molecule has 0 unspecified atom stereocenters. The second-order valence-electron chi connectivity index (χ2n) is 8.17. The second-order valence-corrected chi connectivity index (χ2v) is 8.17. The highest BCUT2D eigenvalue weighted by Gasteiger charge is 2.48.